The van der Waals surface area contributed by atoms with E-state index in [1.165, 1.54) is 250 Å². The number of ether oxygens (including phenoxy) is 3. The smallest absolute Gasteiger partial charge is 0.306 e. The molecule has 0 aliphatic heterocycles. The fraction of sp³-hybridized carbons (Fsp3) is 0.894. The molecule has 0 radical (unpaired) electrons. The highest BCUT2D eigenvalue weighted by Crippen LogP contribution is 2.18. The van der Waals surface area contributed by atoms with Crippen LogP contribution in [0.5, 0.6) is 0 Å². The fourth-order valence-corrected chi connectivity index (χ4v) is 9.79. The Bertz CT molecular complexity index is 1160. The van der Waals surface area contributed by atoms with Crippen LogP contribution >= 0.6 is 0 Å². The summed E-state index contributed by atoms with van der Waals surface area (Å²) in [6, 6.07) is 0. The molecule has 0 N–H and O–H groups in total. The Balaban J connectivity index is 4.16. The number of carbonyl (C=O) groups excluding carboxylic acids is 3. The molecule has 6 nitrogen and oxygen atoms in total. The molecule has 0 bridgehead atoms. The van der Waals surface area contributed by atoms with Crippen molar-refractivity contribution in [2.45, 2.75) is 367 Å². The molecular weight excluding hydrogens is 889 g/mol. The molecule has 0 rings (SSSR count). The molecule has 0 saturated carbocycles. The first-order chi connectivity index (χ1) is 35.5. The monoisotopic (exact) mass is 1010 g/mol. The van der Waals surface area contributed by atoms with E-state index < -0.39 is 6.10 Å². The number of allylic oxidation sites excluding steroid dienone is 4. The van der Waals surface area contributed by atoms with Gasteiger partial charge in [0, 0.05) is 19.3 Å². The lowest BCUT2D eigenvalue weighted by molar-refractivity contribution is -0.167. The van der Waals surface area contributed by atoms with E-state index in [4.69, 9.17) is 14.2 Å². The van der Waals surface area contributed by atoms with Crippen LogP contribution in [0.25, 0.3) is 0 Å². The molecule has 0 aliphatic rings. The normalized spacial score (nSPS) is 12.1. The SMILES string of the molecule is CCCCC/C=C\CCCCCCCC(=O)OCC(COC(=O)CCCCCCCCCCCCCCCCCCCCCCCCCCCCC)OC(=O)CCCCCCC/C=C\CCCCCCCC. The number of hydrogen-bond acceptors (Lipinski definition) is 6. The minimum Gasteiger partial charge on any atom is -0.462 e. The fourth-order valence-electron chi connectivity index (χ4n) is 9.79. The standard InChI is InChI=1S/C66H124O6/c1-4-7-10-13-16-19-22-25-27-28-29-30-31-32-33-34-35-36-37-38-40-41-44-47-50-53-56-59-65(68)71-62-63(61-70-64(67)58-55-52-49-46-43-24-21-18-15-12-9-6-3)72-66(69)60-57-54-51-48-45-42-39-26-23-20-17-14-11-8-5-2/h18,21,26,39,63H,4-17,19-20,22-25,27-38,40-62H2,1-3H3/b21-18-,39-26-. The van der Waals surface area contributed by atoms with Crippen molar-refractivity contribution in [1.82, 2.24) is 0 Å². The maximum Gasteiger partial charge on any atom is 0.306 e. The van der Waals surface area contributed by atoms with Gasteiger partial charge < -0.3 is 14.2 Å². The van der Waals surface area contributed by atoms with E-state index in [9.17, 15) is 14.4 Å². The third-order valence-corrected chi connectivity index (χ3v) is 14.7. The molecule has 0 aromatic heterocycles. The number of hydrogen-bond donors (Lipinski definition) is 0. The van der Waals surface area contributed by atoms with Crippen LogP contribution in [0.4, 0.5) is 0 Å². The summed E-state index contributed by atoms with van der Waals surface area (Å²) < 4.78 is 16.9. The minimum absolute atomic E-state index is 0.0726. The van der Waals surface area contributed by atoms with Crippen LogP contribution in [-0.2, 0) is 28.6 Å². The molecule has 0 spiro atoms. The predicted molar refractivity (Wildman–Crippen MR) is 312 cm³/mol. The summed E-state index contributed by atoms with van der Waals surface area (Å²) in [7, 11) is 0. The van der Waals surface area contributed by atoms with Gasteiger partial charge in [0.2, 0.25) is 0 Å². The molecule has 72 heavy (non-hydrogen) atoms. The average Bonchev–Trinajstić information content (AvgIpc) is 3.38. The summed E-state index contributed by atoms with van der Waals surface area (Å²) in [5, 5.41) is 0. The lowest BCUT2D eigenvalue weighted by Gasteiger charge is -2.18. The summed E-state index contributed by atoms with van der Waals surface area (Å²) in [6.07, 6.45) is 73.5. The van der Waals surface area contributed by atoms with Crippen molar-refractivity contribution in [1.29, 1.82) is 0 Å². The van der Waals surface area contributed by atoms with Crippen LogP contribution in [0.15, 0.2) is 24.3 Å². The zero-order chi connectivity index (χ0) is 52.2. The average molecular weight is 1010 g/mol. The zero-order valence-corrected chi connectivity index (χ0v) is 48.7. The van der Waals surface area contributed by atoms with Crippen molar-refractivity contribution in [3.63, 3.8) is 0 Å². The van der Waals surface area contributed by atoms with E-state index in [0.29, 0.717) is 19.3 Å². The molecule has 0 fully saturated rings. The number of rotatable bonds is 60. The van der Waals surface area contributed by atoms with Crippen molar-refractivity contribution in [3.05, 3.63) is 24.3 Å². The molecule has 0 aromatic carbocycles. The summed E-state index contributed by atoms with van der Waals surface area (Å²) in [5.74, 6) is -0.868. The van der Waals surface area contributed by atoms with Crippen LogP contribution in [0.3, 0.4) is 0 Å². The van der Waals surface area contributed by atoms with Gasteiger partial charge in [0.25, 0.3) is 0 Å². The first-order valence-corrected chi connectivity index (χ1v) is 32.3. The van der Waals surface area contributed by atoms with Crippen molar-refractivity contribution in [3.8, 4) is 0 Å². The molecular formula is C66H124O6. The highest BCUT2D eigenvalue weighted by atomic mass is 16.6. The molecule has 1 atom stereocenters. The second-order valence-electron chi connectivity index (χ2n) is 22.0. The Hall–Kier alpha value is -2.11. The van der Waals surface area contributed by atoms with Gasteiger partial charge in [0.15, 0.2) is 6.10 Å². The van der Waals surface area contributed by atoms with Crippen LogP contribution in [-0.4, -0.2) is 37.2 Å². The van der Waals surface area contributed by atoms with Crippen LogP contribution in [0.1, 0.15) is 361 Å². The number of unbranched alkanes of at least 4 members (excludes halogenated alkanes) is 45. The zero-order valence-electron chi connectivity index (χ0n) is 48.7. The van der Waals surface area contributed by atoms with Gasteiger partial charge in [-0.15, -0.1) is 0 Å². The van der Waals surface area contributed by atoms with E-state index in [1.54, 1.807) is 0 Å². The van der Waals surface area contributed by atoms with Crippen molar-refractivity contribution in [2.75, 3.05) is 13.2 Å². The van der Waals surface area contributed by atoms with Gasteiger partial charge in [-0.05, 0) is 70.6 Å². The van der Waals surface area contributed by atoms with E-state index in [-0.39, 0.29) is 31.1 Å². The predicted octanol–water partition coefficient (Wildman–Crippen LogP) is 21.8. The first-order valence-electron chi connectivity index (χ1n) is 32.3. The molecule has 0 aromatic rings. The van der Waals surface area contributed by atoms with Gasteiger partial charge in [-0.1, -0.05) is 295 Å². The van der Waals surface area contributed by atoms with E-state index in [0.717, 1.165) is 70.6 Å². The molecule has 0 amide bonds. The maximum absolute atomic E-state index is 12.9. The Labute approximate surface area is 449 Å². The second-order valence-corrected chi connectivity index (χ2v) is 22.0. The maximum atomic E-state index is 12.9. The van der Waals surface area contributed by atoms with Crippen molar-refractivity contribution >= 4 is 17.9 Å². The minimum atomic E-state index is -0.776. The van der Waals surface area contributed by atoms with Gasteiger partial charge in [0.05, 0.1) is 0 Å². The lowest BCUT2D eigenvalue weighted by Crippen LogP contribution is -2.30. The third-order valence-electron chi connectivity index (χ3n) is 14.7. The quantitative estimate of drug-likeness (QED) is 0.0261. The van der Waals surface area contributed by atoms with E-state index in [2.05, 4.69) is 45.1 Å². The molecule has 424 valence electrons. The van der Waals surface area contributed by atoms with E-state index >= 15 is 0 Å². The summed E-state index contributed by atoms with van der Waals surface area (Å²) in [5.41, 5.74) is 0. The highest BCUT2D eigenvalue weighted by molar-refractivity contribution is 5.71. The Morgan fingerprint density at radius 3 is 0.722 bits per heavy atom. The molecule has 0 aliphatic carbocycles. The van der Waals surface area contributed by atoms with Crippen molar-refractivity contribution in [2.24, 2.45) is 0 Å². The third kappa shape index (κ3) is 58.8. The summed E-state index contributed by atoms with van der Waals surface area (Å²) in [4.78, 5) is 38.2. The largest absolute Gasteiger partial charge is 0.462 e. The second kappa shape index (κ2) is 61.4. The Morgan fingerprint density at radius 2 is 0.458 bits per heavy atom. The lowest BCUT2D eigenvalue weighted by atomic mass is 10.0. The van der Waals surface area contributed by atoms with Gasteiger partial charge in [0.1, 0.15) is 13.2 Å². The number of carbonyl (C=O) groups is 3. The molecule has 0 heterocycles. The highest BCUT2D eigenvalue weighted by Gasteiger charge is 2.19. The van der Waals surface area contributed by atoms with E-state index in [1.807, 2.05) is 0 Å². The van der Waals surface area contributed by atoms with Gasteiger partial charge in [-0.25, -0.2) is 0 Å². The molecule has 1 unspecified atom stereocenters. The van der Waals surface area contributed by atoms with Gasteiger partial charge >= 0.3 is 17.9 Å². The summed E-state index contributed by atoms with van der Waals surface area (Å²) in [6.45, 7) is 6.66. The van der Waals surface area contributed by atoms with Crippen LogP contribution in [0.2, 0.25) is 0 Å². The van der Waals surface area contributed by atoms with Gasteiger partial charge in [-0.2, -0.15) is 0 Å². The molecule has 0 saturated heterocycles. The Kier molecular flexibility index (Phi) is 59.6. The number of esters is 3. The topological polar surface area (TPSA) is 78.9 Å². The Morgan fingerprint density at radius 1 is 0.264 bits per heavy atom. The van der Waals surface area contributed by atoms with Crippen molar-refractivity contribution < 1.29 is 28.6 Å². The van der Waals surface area contributed by atoms with Crippen LogP contribution in [0, 0.1) is 0 Å². The van der Waals surface area contributed by atoms with Crippen LogP contribution < -0.4 is 0 Å². The summed E-state index contributed by atoms with van der Waals surface area (Å²) >= 11 is 0. The van der Waals surface area contributed by atoms with Gasteiger partial charge in [-0.3, -0.25) is 14.4 Å². The first kappa shape index (κ1) is 69.9. The molecule has 6 heteroatoms.